The van der Waals surface area contributed by atoms with Crippen molar-refractivity contribution in [1.82, 2.24) is 4.98 Å². The standard InChI is InChI=1S/C8H9NO/c1-7(6-10)8-4-2-3-5-9-8/h2-5,10H,1,6H2. The van der Waals surface area contributed by atoms with Gasteiger partial charge in [-0.05, 0) is 17.7 Å². The molecular formula is C8H9NO. The van der Waals surface area contributed by atoms with E-state index >= 15 is 0 Å². The van der Waals surface area contributed by atoms with Crippen molar-refractivity contribution in [3.8, 4) is 0 Å². The molecule has 2 heteroatoms. The van der Waals surface area contributed by atoms with E-state index in [1.54, 1.807) is 6.20 Å². The van der Waals surface area contributed by atoms with Crippen LogP contribution in [0, 0.1) is 0 Å². The molecule has 0 unspecified atom stereocenters. The smallest absolute Gasteiger partial charge is 0.0697 e. The minimum atomic E-state index is -0.0307. The van der Waals surface area contributed by atoms with Crippen molar-refractivity contribution in [3.05, 3.63) is 36.7 Å². The number of pyridine rings is 1. The average molecular weight is 135 g/mol. The third kappa shape index (κ3) is 1.42. The Hall–Kier alpha value is -1.15. The van der Waals surface area contributed by atoms with Crippen molar-refractivity contribution in [1.29, 1.82) is 0 Å². The second-order valence-electron chi connectivity index (χ2n) is 1.98. The molecule has 1 N–H and O–H groups in total. The summed E-state index contributed by atoms with van der Waals surface area (Å²) in [7, 11) is 0. The highest BCUT2D eigenvalue weighted by molar-refractivity contribution is 5.60. The van der Waals surface area contributed by atoms with Gasteiger partial charge in [-0.1, -0.05) is 12.6 Å². The van der Waals surface area contributed by atoms with Crippen molar-refractivity contribution < 1.29 is 5.11 Å². The highest BCUT2D eigenvalue weighted by Gasteiger charge is 1.94. The Morgan fingerprint density at radius 1 is 1.60 bits per heavy atom. The molecular weight excluding hydrogens is 126 g/mol. The van der Waals surface area contributed by atoms with Crippen LogP contribution in [-0.4, -0.2) is 16.7 Å². The van der Waals surface area contributed by atoms with Gasteiger partial charge < -0.3 is 5.11 Å². The zero-order chi connectivity index (χ0) is 7.40. The van der Waals surface area contributed by atoms with E-state index in [0.717, 1.165) is 5.69 Å². The molecule has 10 heavy (non-hydrogen) atoms. The lowest BCUT2D eigenvalue weighted by Gasteiger charge is -1.97. The fraction of sp³-hybridized carbons (Fsp3) is 0.125. The molecule has 0 bridgehead atoms. The van der Waals surface area contributed by atoms with Crippen LogP contribution in [0.3, 0.4) is 0 Å². The largest absolute Gasteiger partial charge is 0.392 e. The van der Waals surface area contributed by atoms with Gasteiger partial charge in [0, 0.05) is 6.20 Å². The minimum absolute atomic E-state index is 0.0307. The molecule has 0 atom stereocenters. The van der Waals surface area contributed by atoms with Gasteiger partial charge in [-0.25, -0.2) is 0 Å². The molecule has 1 heterocycles. The molecule has 1 aromatic heterocycles. The number of nitrogens with zero attached hydrogens (tertiary/aromatic N) is 1. The van der Waals surface area contributed by atoms with Crippen molar-refractivity contribution in [2.45, 2.75) is 0 Å². The van der Waals surface area contributed by atoms with Gasteiger partial charge in [0.05, 0.1) is 12.3 Å². The predicted molar refractivity (Wildman–Crippen MR) is 40.4 cm³/mol. The van der Waals surface area contributed by atoms with Gasteiger partial charge in [0.1, 0.15) is 0 Å². The Labute approximate surface area is 59.9 Å². The number of aliphatic hydroxyl groups is 1. The van der Waals surface area contributed by atoms with Gasteiger partial charge in [-0.15, -0.1) is 0 Å². The van der Waals surface area contributed by atoms with Gasteiger partial charge in [0.2, 0.25) is 0 Å². The van der Waals surface area contributed by atoms with Crippen LogP contribution in [0.4, 0.5) is 0 Å². The normalized spacial score (nSPS) is 9.30. The second-order valence-corrected chi connectivity index (χ2v) is 1.98. The number of hydrogen-bond acceptors (Lipinski definition) is 2. The van der Waals surface area contributed by atoms with Crippen LogP contribution in [0.15, 0.2) is 31.0 Å². The summed E-state index contributed by atoms with van der Waals surface area (Å²) in [5.41, 5.74) is 1.41. The van der Waals surface area contributed by atoms with Crippen molar-refractivity contribution in [2.75, 3.05) is 6.61 Å². The first-order chi connectivity index (χ1) is 4.84. The lowest BCUT2D eigenvalue weighted by atomic mass is 10.2. The van der Waals surface area contributed by atoms with E-state index in [-0.39, 0.29) is 6.61 Å². The van der Waals surface area contributed by atoms with Crippen LogP contribution in [-0.2, 0) is 0 Å². The molecule has 0 fully saturated rings. The summed E-state index contributed by atoms with van der Waals surface area (Å²) in [6, 6.07) is 5.51. The number of hydrogen-bond donors (Lipinski definition) is 1. The van der Waals surface area contributed by atoms with E-state index in [0.29, 0.717) is 5.57 Å². The van der Waals surface area contributed by atoms with E-state index in [2.05, 4.69) is 11.6 Å². The maximum atomic E-state index is 8.65. The van der Waals surface area contributed by atoms with Crippen LogP contribution >= 0.6 is 0 Å². The monoisotopic (exact) mass is 135 g/mol. The Kier molecular flexibility index (Phi) is 2.18. The molecule has 52 valence electrons. The maximum absolute atomic E-state index is 8.65. The Bertz CT molecular complexity index is 218. The first kappa shape index (κ1) is 6.96. The lowest BCUT2D eigenvalue weighted by molar-refractivity contribution is 0.350. The quantitative estimate of drug-likeness (QED) is 0.658. The summed E-state index contributed by atoms with van der Waals surface area (Å²) < 4.78 is 0. The highest BCUT2D eigenvalue weighted by atomic mass is 16.3. The van der Waals surface area contributed by atoms with Gasteiger partial charge in [0.25, 0.3) is 0 Å². The molecule has 0 amide bonds. The Morgan fingerprint density at radius 2 is 2.40 bits per heavy atom. The van der Waals surface area contributed by atoms with Crippen LogP contribution < -0.4 is 0 Å². The zero-order valence-electron chi connectivity index (χ0n) is 5.62. The second kappa shape index (κ2) is 3.13. The van der Waals surface area contributed by atoms with Gasteiger partial charge >= 0.3 is 0 Å². The van der Waals surface area contributed by atoms with Crippen LogP contribution in [0.25, 0.3) is 5.57 Å². The topological polar surface area (TPSA) is 33.1 Å². The zero-order valence-corrected chi connectivity index (χ0v) is 5.62. The fourth-order valence-electron chi connectivity index (χ4n) is 0.653. The molecule has 0 aromatic carbocycles. The molecule has 0 saturated heterocycles. The summed E-state index contributed by atoms with van der Waals surface area (Å²) in [6.07, 6.45) is 1.68. The van der Waals surface area contributed by atoms with Crippen LogP contribution in [0.1, 0.15) is 5.69 Å². The summed E-state index contributed by atoms with van der Waals surface area (Å²) >= 11 is 0. The van der Waals surface area contributed by atoms with Crippen molar-refractivity contribution >= 4 is 5.57 Å². The SMILES string of the molecule is C=C(CO)c1ccccn1. The third-order valence-electron chi connectivity index (χ3n) is 1.22. The third-order valence-corrected chi connectivity index (χ3v) is 1.22. The van der Waals surface area contributed by atoms with Crippen molar-refractivity contribution in [3.63, 3.8) is 0 Å². The van der Waals surface area contributed by atoms with Gasteiger partial charge in [-0.3, -0.25) is 4.98 Å². The van der Waals surface area contributed by atoms with Crippen LogP contribution in [0.2, 0.25) is 0 Å². The fourth-order valence-corrected chi connectivity index (χ4v) is 0.653. The van der Waals surface area contributed by atoms with E-state index in [9.17, 15) is 0 Å². The molecule has 0 radical (unpaired) electrons. The van der Waals surface area contributed by atoms with E-state index in [4.69, 9.17) is 5.11 Å². The number of aliphatic hydroxyl groups excluding tert-OH is 1. The number of aromatic nitrogens is 1. The summed E-state index contributed by atoms with van der Waals surface area (Å²) in [6.45, 7) is 3.60. The summed E-state index contributed by atoms with van der Waals surface area (Å²) in [5, 5.41) is 8.65. The summed E-state index contributed by atoms with van der Waals surface area (Å²) in [5.74, 6) is 0. The average Bonchev–Trinajstić information content (AvgIpc) is 2.05. The molecule has 2 nitrogen and oxygen atoms in total. The molecule has 1 aromatic rings. The molecule has 1 rings (SSSR count). The molecule has 0 aliphatic rings. The Morgan fingerprint density at radius 3 is 2.90 bits per heavy atom. The minimum Gasteiger partial charge on any atom is -0.392 e. The van der Waals surface area contributed by atoms with Crippen LogP contribution in [0.5, 0.6) is 0 Å². The first-order valence-corrected chi connectivity index (χ1v) is 3.04. The molecule has 0 aliphatic carbocycles. The number of rotatable bonds is 2. The highest BCUT2D eigenvalue weighted by Crippen LogP contribution is 2.05. The first-order valence-electron chi connectivity index (χ1n) is 3.04. The predicted octanol–water partition coefficient (Wildman–Crippen LogP) is 1.09. The molecule has 0 spiro atoms. The van der Waals surface area contributed by atoms with E-state index in [1.165, 1.54) is 0 Å². The van der Waals surface area contributed by atoms with Gasteiger partial charge in [0.15, 0.2) is 0 Å². The molecule has 0 aliphatic heterocycles. The lowest BCUT2D eigenvalue weighted by Crippen LogP contribution is -1.90. The Balaban J connectivity index is 2.85. The van der Waals surface area contributed by atoms with Gasteiger partial charge in [-0.2, -0.15) is 0 Å². The summed E-state index contributed by atoms with van der Waals surface area (Å²) in [4.78, 5) is 3.99. The molecule has 0 saturated carbocycles. The van der Waals surface area contributed by atoms with E-state index in [1.807, 2.05) is 18.2 Å². The van der Waals surface area contributed by atoms with Crippen molar-refractivity contribution in [2.24, 2.45) is 0 Å². The maximum Gasteiger partial charge on any atom is 0.0697 e. The van der Waals surface area contributed by atoms with E-state index < -0.39 is 0 Å².